The van der Waals surface area contributed by atoms with Gasteiger partial charge in [0.05, 0.1) is 25.5 Å². The molecule has 28 heavy (non-hydrogen) atoms. The molecule has 3 aromatic rings. The fraction of sp³-hybridized carbons (Fsp3) is 0.471. The van der Waals surface area contributed by atoms with Crippen molar-refractivity contribution in [2.75, 3.05) is 13.2 Å². The number of hydrogen-bond acceptors (Lipinski definition) is 8. The Balaban J connectivity index is 1.63. The van der Waals surface area contributed by atoms with Crippen molar-refractivity contribution in [2.24, 2.45) is 4.99 Å². The number of aromatic nitrogens is 6. The van der Waals surface area contributed by atoms with Gasteiger partial charge in [-0.25, -0.2) is 9.79 Å². The van der Waals surface area contributed by atoms with Crippen LogP contribution in [0.5, 0.6) is 11.9 Å². The molecule has 1 saturated heterocycles. The second kappa shape index (κ2) is 6.75. The van der Waals surface area contributed by atoms with Crippen molar-refractivity contribution in [2.45, 2.75) is 37.8 Å². The fourth-order valence-electron chi connectivity index (χ4n) is 3.06. The van der Waals surface area contributed by atoms with Gasteiger partial charge in [-0.2, -0.15) is 19.6 Å². The minimum atomic E-state index is -0.497. The van der Waals surface area contributed by atoms with Crippen molar-refractivity contribution < 1.29 is 14.6 Å². The van der Waals surface area contributed by atoms with Gasteiger partial charge in [-0.15, -0.1) is 0 Å². The zero-order chi connectivity index (χ0) is 19.1. The van der Waals surface area contributed by atoms with Crippen LogP contribution in [0, 0.1) is 0 Å². The first-order chi connectivity index (χ1) is 13.7. The first-order valence-electron chi connectivity index (χ1n) is 9.23. The molecular weight excluding hydrogens is 366 g/mol. The van der Waals surface area contributed by atoms with Crippen LogP contribution in [0.4, 0.5) is 0 Å². The van der Waals surface area contributed by atoms with Crippen LogP contribution >= 0.6 is 0 Å². The Kier molecular flexibility index (Phi) is 4.08. The Morgan fingerprint density at radius 3 is 2.79 bits per heavy atom. The summed E-state index contributed by atoms with van der Waals surface area (Å²) in [5.41, 5.74) is 0.660. The van der Waals surface area contributed by atoms with Crippen molar-refractivity contribution in [3.8, 4) is 11.9 Å². The first kappa shape index (κ1) is 16.9. The molecule has 0 bridgehead atoms. The van der Waals surface area contributed by atoms with Gasteiger partial charge >= 0.3 is 11.7 Å². The predicted octanol–water partition coefficient (Wildman–Crippen LogP) is -0.985. The van der Waals surface area contributed by atoms with Crippen LogP contribution in [-0.4, -0.2) is 60.0 Å². The summed E-state index contributed by atoms with van der Waals surface area (Å²) in [7, 11) is 0. The highest BCUT2D eigenvalue weighted by Crippen LogP contribution is 2.22. The van der Waals surface area contributed by atoms with Gasteiger partial charge in [0.1, 0.15) is 11.8 Å². The van der Waals surface area contributed by atoms with Gasteiger partial charge in [-0.1, -0.05) is 0 Å². The number of fused-ring (bicyclic) bond motifs is 1. The molecule has 0 aromatic carbocycles. The number of imidazole rings is 1. The highest BCUT2D eigenvalue weighted by atomic mass is 16.5. The van der Waals surface area contributed by atoms with E-state index in [1.165, 1.54) is 0 Å². The molecule has 5 rings (SSSR count). The van der Waals surface area contributed by atoms with Crippen LogP contribution in [0.2, 0.25) is 0 Å². The lowest BCUT2D eigenvalue weighted by Gasteiger charge is -2.21. The molecule has 0 radical (unpaired) electrons. The Hall–Kier alpha value is -3.21. The minimum absolute atomic E-state index is 0.00889. The molecule has 3 aromatic heterocycles. The average molecular weight is 385 g/mol. The summed E-state index contributed by atoms with van der Waals surface area (Å²) in [6.07, 6.45) is 6.77. The number of nitrogens with one attached hydrogen (secondary N) is 2. The van der Waals surface area contributed by atoms with Gasteiger partial charge in [0.15, 0.2) is 5.65 Å². The van der Waals surface area contributed by atoms with Crippen LogP contribution in [-0.2, 0) is 4.74 Å². The Labute approximate surface area is 157 Å². The van der Waals surface area contributed by atoms with E-state index < -0.39 is 5.69 Å². The number of nitrogens with zero attached hydrogens (tertiary/aromatic N) is 5. The number of aromatic amines is 2. The van der Waals surface area contributed by atoms with E-state index in [0.29, 0.717) is 29.7 Å². The van der Waals surface area contributed by atoms with Crippen molar-refractivity contribution in [1.29, 1.82) is 0 Å². The molecule has 11 nitrogen and oxygen atoms in total. The van der Waals surface area contributed by atoms with E-state index in [4.69, 9.17) is 9.47 Å². The Bertz CT molecular complexity index is 1180. The van der Waals surface area contributed by atoms with Crippen LogP contribution in [0.1, 0.15) is 31.4 Å². The normalized spacial score (nSPS) is 19.6. The molecule has 2 fully saturated rings. The molecule has 4 heterocycles. The van der Waals surface area contributed by atoms with Crippen LogP contribution < -0.4 is 21.3 Å². The van der Waals surface area contributed by atoms with E-state index in [9.17, 15) is 9.90 Å². The maximum absolute atomic E-state index is 11.4. The first-order valence-corrected chi connectivity index (χ1v) is 9.23. The van der Waals surface area contributed by atoms with Gasteiger partial charge in [0.2, 0.25) is 5.88 Å². The van der Waals surface area contributed by atoms with Gasteiger partial charge in [-0.05, 0) is 18.9 Å². The lowest BCUT2D eigenvalue weighted by molar-refractivity contribution is 0.0215. The monoisotopic (exact) mass is 385 g/mol. The molecule has 0 amide bonds. The topological polar surface area (TPSA) is 143 Å². The molecule has 0 spiro atoms. The molecular formula is C17H19N7O4. The van der Waals surface area contributed by atoms with Crippen molar-refractivity contribution in [3.05, 3.63) is 33.2 Å². The molecule has 146 valence electrons. The van der Waals surface area contributed by atoms with Crippen molar-refractivity contribution in [1.82, 2.24) is 29.5 Å². The fourth-order valence-corrected chi connectivity index (χ4v) is 3.06. The molecule has 0 atom stereocenters. The standard InChI is InChI=1S/C17H19N7O4/c25-14-12(20-16(26)22-14)7-9-8-18-24-13(9)21-17(23-15(24)19-10-1-2-10)28-11-3-5-27-6-4-11/h7-8,10-11,25H,1-6H2,(H2,20,22,26)/b9-7-,19-15?. The summed E-state index contributed by atoms with van der Waals surface area (Å²) in [6.45, 7) is 1.30. The van der Waals surface area contributed by atoms with E-state index in [1.54, 1.807) is 16.8 Å². The minimum Gasteiger partial charge on any atom is -0.493 e. The lowest BCUT2D eigenvalue weighted by atomic mass is 10.2. The highest BCUT2D eigenvalue weighted by molar-refractivity contribution is 5.56. The number of rotatable bonds is 4. The second-order valence-corrected chi connectivity index (χ2v) is 6.92. The number of hydrogen-bond donors (Lipinski definition) is 3. The zero-order valence-electron chi connectivity index (χ0n) is 15.0. The van der Waals surface area contributed by atoms with E-state index in [-0.39, 0.29) is 29.7 Å². The third-order valence-electron chi connectivity index (χ3n) is 4.68. The van der Waals surface area contributed by atoms with E-state index >= 15 is 0 Å². The molecule has 1 saturated carbocycles. The second-order valence-electron chi connectivity index (χ2n) is 6.92. The van der Waals surface area contributed by atoms with Crippen LogP contribution in [0.25, 0.3) is 11.7 Å². The number of ether oxygens (including phenoxy) is 2. The summed E-state index contributed by atoms with van der Waals surface area (Å²) < 4.78 is 12.9. The molecule has 2 aliphatic rings. The van der Waals surface area contributed by atoms with Gasteiger partial charge in [0.25, 0.3) is 5.62 Å². The molecule has 11 heteroatoms. The number of H-pyrrole nitrogens is 2. The van der Waals surface area contributed by atoms with Crippen molar-refractivity contribution in [3.63, 3.8) is 0 Å². The molecule has 1 aliphatic heterocycles. The van der Waals surface area contributed by atoms with Crippen LogP contribution in [0.3, 0.4) is 0 Å². The van der Waals surface area contributed by atoms with Gasteiger partial charge < -0.3 is 19.6 Å². The summed E-state index contributed by atoms with van der Waals surface area (Å²) in [5, 5.41) is 14.7. The number of aromatic hydroxyl groups is 1. The zero-order valence-corrected chi connectivity index (χ0v) is 15.0. The maximum Gasteiger partial charge on any atom is 0.326 e. The molecule has 1 aliphatic carbocycles. The van der Waals surface area contributed by atoms with Gasteiger partial charge in [0, 0.05) is 18.1 Å². The smallest absolute Gasteiger partial charge is 0.326 e. The largest absolute Gasteiger partial charge is 0.493 e. The summed E-state index contributed by atoms with van der Waals surface area (Å²) >= 11 is 0. The third-order valence-corrected chi connectivity index (χ3v) is 4.68. The SMILES string of the molecule is O=c1[nH]c(O)c(/C=c2/cnn3c(=NC4CC4)nc(OC4CCOCC4)nc23)[nH]1. The predicted molar refractivity (Wildman–Crippen MR) is 95.7 cm³/mol. The van der Waals surface area contributed by atoms with Crippen molar-refractivity contribution >= 4 is 11.7 Å². The van der Waals surface area contributed by atoms with E-state index in [0.717, 1.165) is 25.7 Å². The van der Waals surface area contributed by atoms with Gasteiger partial charge in [-0.3, -0.25) is 4.98 Å². The summed E-state index contributed by atoms with van der Waals surface area (Å²) in [5.74, 6) is -0.250. The summed E-state index contributed by atoms with van der Waals surface area (Å²) in [6, 6.07) is 0.483. The highest BCUT2D eigenvalue weighted by Gasteiger charge is 2.22. The van der Waals surface area contributed by atoms with E-state index in [1.807, 2.05) is 0 Å². The molecule has 3 N–H and O–H groups in total. The third kappa shape index (κ3) is 3.36. The maximum atomic E-state index is 11.4. The van der Waals surface area contributed by atoms with Crippen LogP contribution in [0.15, 0.2) is 16.0 Å². The Morgan fingerprint density at radius 1 is 1.25 bits per heavy atom. The van der Waals surface area contributed by atoms with E-state index in [2.05, 4.69) is 30.0 Å². The lowest BCUT2D eigenvalue weighted by Crippen LogP contribution is -2.29. The average Bonchev–Trinajstić information content (AvgIpc) is 3.32. The molecule has 0 unspecified atom stereocenters. The summed E-state index contributed by atoms with van der Waals surface area (Å²) in [4.78, 5) is 29.7. The Morgan fingerprint density at radius 2 is 2.07 bits per heavy atom. The quantitative estimate of drug-likeness (QED) is 0.523.